The summed E-state index contributed by atoms with van der Waals surface area (Å²) in [6.07, 6.45) is 5.24. The van der Waals surface area contributed by atoms with Crippen molar-refractivity contribution in [3.8, 4) is 0 Å². The number of anilines is 1. The lowest BCUT2D eigenvalue weighted by atomic mass is 9.91. The molecule has 1 aliphatic carbocycles. The van der Waals surface area contributed by atoms with Crippen LogP contribution in [0.5, 0.6) is 0 Å². The molecule has 3 unspecified atom stereocenters. The van der Waals surface area contributed by atoms with Gasteiger partial charge in [0.2, 0.25) is 5.91 Å². The zero-order valence-electron chi connectivity index (χ0n) is 11.5. The van der Waals surface area contributed by atoms with Crippen molar-refractivity contribution in [2.45, 2.75) is 48.8 Å². The smallest absolute Gasteiger partial charge is 0.245 e. The normalized spacial score (nSPS) is 29.1. The number of hydrogen-bond donors (Lipinski definition) is 2. The molecule has 0 aromatic heterocycles. The molecule has 108 valence electrons. The minimum absolute atomic E-state index is 0.111. The number of halogens is 1. The lowest BCUT2D eigenvalue weighted by molar-refractivity contribution is -0.116. The Bertz CT molecular complexity index is 549. The van der Waals surface area contributed by atoms with Crippen molar-refractivity contribution in [3.05, 3.63) is 22.2 Å². The first-order chi connectivity index (χ1) is 9.54. The van der Waals surface area contributed by atoms with Crippen LogP contribution in [0, 0.1) is 5.92 Å². The second-order valence-corrected chi connectivity index (χ2v) is 8.04. The van der Waals surface area contributed by atoms with Gasteiger partial charge in [-0.1, -0.05) is 19.8 Å². The third-order valence-corrected chi connectivity index (χ3v) is 6.43. The van der Waals surface area contributed by atoms with Crippen LogP contribution < -0.4 is 11.1 Å². The number of hydrogen-bond acceptors (Lipinski definition) is 3. The summed E-state index contributed by atoms with van der Waals surface area (Å²) in [6, 6.07) is 3.52. The van der Waals surface area contributed by atoms with E-state index in [1.807, 2.05) is 17.8 Å². The Morgan fingerprint density at radius 3 is 2.95 bits per heavy atom. The van der Waals surface area contributed by atoms with Crippen LogP contribution in [0.25, 0.3) is 0 Å². The molecule has 1 amide bonds. The molecule has 3 nitrogen and oxygen atoms in total. The Balaban J connectivity index is 1.81. The SMILES string of the molecule is CC1CCCC(Sc2cc3c(cc2Br)C(N)C(=O)N3)C1. The number of amides is 1. The summed E-state index contributed by atoms with van der Waals surface area (Å²) in [5.74, 6) is 0.711. The molecule has 1 saturated carbocycles. The topological polar surface area (TPSA) is 55.1 Å². The molecule has 0 bridgehead atoms. The number of benzene rings is 1. The summed E-state index contributed by atoms with van der Waals surface area (Å²) >= 11 is 5.55. The van der Waals surface area contributed by atoms with E-state index in [2.05, 4.69) is 34.2 Å². The molecule has 3 N–H and O–H groups in total. The number of nitrogens with two attached hydrogens (primary N) is 1. The summed E-state index contributed by atoms with van der Waals surface area (Å²) in [4.78, 5) is 12.8. The molecular formula is C15H19BrN2OS. The summed E-state index contributed by atoms with van der Waals surface area (Å²) in [5, 5.41) is 3.54. The number of carbonyl (C=O) groups excluding carboxylic acids is 1. The highest BCUT2D eigenvalue weighted by atomic mass is 79.9. The Morgan fingerprint density at radius 2 is 2.20 bits per heavy atom. The van der Waals surface area contributed by atoms with E-state index in [-0.39, 0.29) is 5.91 Å². The minimum atomic E-state index is -0.532. The second kappa shape index (κ2) is 5.70. The first-order valence-corrected chi connectivity index (χ1v) is 8.78. The minimum Gasteiger partial charge on any atom is -0.324 e. The Labute approximate surface area is 132 Å². The fourth-order valence-corrected chi connectivity index (χ4v) is 5.11. The predicted octanol–water partition coefficient (Wildman–Crippen LogP) is 4.07. The molecule has 1 aliphatic heterocycles. The van der Waals surface area contributed by atoms with Crippen LogP contribution in [0.15, 0.2) is 21.5 Å². The molecule has 1 heterocycles. The first kappa shape index (κ1) is 14.4. The van der Waals surface area contributed by atoms with Crippen molar-refractivity contribution < 1.29 is 4.79 Å². The van der Waals surface area contributed by atoms with E-state index in [9.17, 15) is 4.79 Å². The van der Waals surface area contributed by atoms with Gasteiger partial charge < -0.3 is 11.1 Å². The Morgan fingerprint density at radius 1 is 1.40 bits per heavy atom. The van der Waals surface area contributed by atoms with Gasteiger partial charge in [0.1, 0.15) is 6.04 Å². The van der Waals surface area contributed by atoms with Crippen molar-refractivity contribution in [1.82, 2.24) is 0 Å². The van der Waals surface area contributed by atoms with E-state index in [1.165, 1.54) is 30.6 Å². The highest BCUT2D eigenvalue weighted by Gasteiger charge is 2.29. The van der Waals surface area contributed by atoms with E-state index in [4.69, 9.17) is 5.73 Å². The van der Waals surface area contributed by atoms with Crippen LogP contribution >= 0.6 is 27.7 Å². The molecule has 0 radical (unpaired) electrons. The zero-order chi connectivity index (χ0) is 14.3. The molecular weight excluding hydrogens is 336 g/mol. The van der Waals surface area contributed by atoms with Gasteiger partial charge >= 0.3 is 0 Å². The molecule has 0 saturated heterocycles. The highest BCUT2D eigenvalue weighted by molar-refractivity contribution is 9.10. The van der Waals surface area contributed by atoms with Crippen LogP contribution in [0.4, 0.5) is 5.69 Å². The molecule has 1 fully saturated rings. The van der Waals surface area contributed by atoms with Gasteiger partial charge in [-0.2, -0.15) is 0 Å². The predicted molar refractivity (Wildman–Crippen MR) is 87.0 cm³/mol. The third-order valence-electron chi connectivity index (χ3n) is 4.16. The first-order valence-electron chi connectivity index (χ1n) is 7.11. The van der Waals surface area contributed by atoms with Crippen LogP contribution in [0.1, 0.15) is 44.2 Å². The molecule has 1 aromatic rings. The maximum absolute atomic E-state index is 11.6. The van der Waals surface area contributed by atoms with Gasteiger partial charge in [-0.05, 0) is 46.8 Å². The molecule has 5 heteroatoms. The monoisotopic (exact) mass is 354 g/mol. The summed E-state index contributed by atoms with van der Waals surface area (Å²) in [7, 11) is 0. The van der Waals surface area contributed by atoms with Gasteiger partial charge in [-0.25, -0.2) is 0 Å². The largest absolute Gasteiger partial charge is 0.324 e. The van der Waals surface area contributed by atoms with Crippen LogP contribution in [-0.4, -0.2) is 11.2 Å². The molecule has 20 heavy (non-hydrogen) atoms. The summed E-state index contributed by atoms with van der Waals surface area (Å²) < 4.78 is 1.05. The van der Waals surface area contributed by atoms with Crippen LogP contribution in [-0.2, 0) is 4.79 Å². The highest BCUT2D eigenvalue weighted by Crippen LogP contribution is 2.42. The van der Waals surface area contributed by atoms with Gasteiger partial charge in [-0.15, -0.1) is 11.8 Å². The number of thioether (sulfide) groups is 1. The standard InChI is InChI=1S/C15H19BrN2OS/c1-8-3-2-4-9(5-8)20-13-7-12-10(6-11(13)16)14(17)15(19)18-12/h6-9,14H,2-5,17H2,1H3,(H,18,19). The number of rotatable bonds is 2. The third kappa shape index (κ3) is 2.76. The number of nitrogens with one attached hydrogen (secondary N) is 1. The van der Waals surface area contributed by atoms with E-state index in [1.54, 1.807) is 0 Å². The molecule has 3 rings (SSSR count). The van der Waals surface area contributed by atoms with E-state index < -0.39 is 6.04 Å². The lowest BCUT2D eigenvalue weighted by Crippen LogP contribution is -2.19. The van der Waals surface area contributed by atoms with Gasteiger partial charge in [0.25, 0.3) is 0 Å². The molecule has 1 aromatic carbocycles. The van der Waals surface area contributed by atoms with E-state index in [0.717, 1.165) is 21.6 Å². The van der Waals surface area contributed by atoms with Crippen molar-refractivity contribution in [2.75, 3.05) is 5.32 Å². The summed E-state index contributed by atoms with van der Waals surface area (Å²) in [5.41, 5.74) is 7.64. The van der Waals surface area contributed by atoms with Crippen molar-refractivity contribution in [3.63, 3.8) is 0 Å². The average molecular weight is 355 g/mol. The van der Waals surface area contributed by atoms with Gasteiger partial charge in [-0.3, -0.25) is 4.79 Å². The molecule has 0 spiro atoms. The maximum atomic E-state index is 11.6. The lowest BCUT2D eigenvalue weighted by Gasteiger charge is -2.26. The maximum Gasteiger partial charge on any atom is 0.245 e. The van der Waals surface area contributed by atoms with Gasteiger partial charge in [0, 0.05) is 25.9 Å². The quantitative estimate of drug-likeness (QED) is 0.841. The van der Waals surface area contributed by atoms with Gasteiger partial charge in [0.15, 0.2) is 0 Å². The Hall–Kier alpha value is -0.520. The molecule has 3 atom stereocenters. The number of carbonyl (C=O) groups is 1. The fourth-order valence-electron chi connectivity index (χ4n) is 3.04. The molecule has 2 aliphatic rings. The van der Waals surface area contributed by atoms with Crippen LogP contribution in [0.2, 0.25) is 0 Å². The van der Waals surface area contributed by atoms with Crippen molar-refractivity contribution >= 4 is 39.3 Å². The zero-order valence-corrected chi connectivity index (χ0v) is 13.9. The second-order valence-electron chi connectivity index (χ2n) is 5.85. The summed E-state index contributed by atoms with van der Waals surface area (Å²) in [6.45, 7) is 2.34. The van der Waals surface area contributed by atoms with Gasteiger partial charge in [0.05, 0.1) is 0 Å². The van der Waals surface area contributed by atoms with Crippen molar-refractivity contribution in [1.29, 1.82) is 0 Å². The fraction of sp³-hybridized carbons (Fsp3) is 0.533. The number of fused-ring (bicyclic) bond motifs is 1. The van der Waals surface area contributed by atoms with Crippen molar-refractivity contribution in [2.24, 2.45) is 11.7 Å². The van der Waals surface area contributed by atoms with Crippen LogP contribution in [0.3, 0.4) is 0 Å². The Kier molecular flexibility index (Phi) is 4.11. The van der Waals surface area contributed by atoms with E-state index >= 15 is 0 Å². The average Bonchev–Trinajstić information content (AvgIpc) is 2.66. The van der Waals surface area contributed by atoms with E-state index in [0.29, 0.717) is 5.25 Å².